The van der Waals surface area contributed by atoms with Crippen molar-refractivity contribution in [1.29, 1.82) is 0 Å². The van der Waals surface area contributed by atoms with Crippen molar-refractivity contribution in [3.05, 3.63) is 20.8 Å². The van der Waals surface area contributed by atoms with Crippen LogP contribution in [0.2, 0.25) is 0 Å². The normalized spacial score (nSPS) is 10.9. The Morgan fingerprint density at radius 3 is 2.05 bits per heavy atom. The molecule has 0 fully saturated rings. The Labute approximate surface area is 136 Å². The second-order valence-corrected chi connectivity index (χ2v) is 7.31. The number of ketones is 1. The molecule has 0 saturated heterocycles. The van der Waals surface area contributed by atoms with Crippen LogP contribution in [-0.4, -0.2) is 5.78 Å². The lowest BCUT2D eigenvalue weighted by atomic mass is 10.0. The number of unbranched alkanes of at least 4 members (excludes halogenated alkanes) is 9. The SMILES string of the molecule is CCCCCCCCCCCCC(=O)c1cc(Br)cs1. The van der Waals surface area contributed by atoms with Crippen LogP contribution in [0.15, 0.2) is 15.9 Å². The summed E-state index contributed by atoms with van der Waals surface area (Å²) in [6.45, 7) is 2.26. The van der Waals surface area contributed by atoms with Gasteiger partial charge >= 0.3 is 0 Å². The van der Waals surface area contributed by atoms with E-state index in [1.807, 2.05) is 11.4 Å². The summed E-state index contributed by atoms with van der Waals surface area (Å²) in [4.78, 5) is 12.8. The minimum Gasteiger partial charge on any atom is -0.293 e. The van der Waals surface area contributed by atoms with E-state index >= 15 is 0 Å². The number of rotatable bonds is 12. The van der Waals surface area contributed by atoms with Crippen molar-refractivity contribution in [3.63, 3.8) is 0 Å². The number of thiophene rings is 1. The zero-order valence-electron chi connectivity index (χ0n) is 12.6. The molecule has 20 heavy (non-hydrogen) atoms. The Morgan fingerprint density at radius 2 is 1.55 bits per heavy atom. The van der Waals surface area contributed by atoms with E-state index in [-0.39, 0.29) is 0 Å². The molecule has 0 N–H and O–H groups in total. The molecule has 0 spiro atoms. The van der Waals surface area contributed by atoms with E-state index in [1.54, 1.807) is 11.3 Å². The molecule has 1 aromatic heterocycles. The van der Waals surface area contributed by atoms with E-state index in [0.29, 0.717) is 12.2 Å². The van der Waals surface area contributed by atoms with Crippen molar-refractivity contribution in [2.75, 3.05) is 0 Å². The number of Topliss-reactive ketones (excluding diaryl/α,β-unsaturated/α-hetero) is 1. The molecule has 0 aliphatic rings. The first kappa shape index (κ1) is 17.9. The van der Waals surface area contributed by atoms with E-state index in [2.05, 4.69) is 22.9 Å². The fourth-order valence-electron chi connectivity index (χ4n) is 2.36. The van der Waals surface area contributed by atoms with Gasteiger partial charge in [0.05, 0.1) is 4.88 Å². The summed E-state index contributed by atoms with van der Waals surface area (Å²) < 4.78 is 1.02. The van der Waals surface area contributed by atoms with Gasteiger partial charge < -0.3 is 0 Å². The van der Waals surface area contributed by atoms with E-state index in [1.165, 1.54) is 57.8 Å². The first-order chi connectivity index (χ1) is 9.74. The summed E-state index contributed by atoms with van der Waals surface area (Å²) in [5.41, 5.74) is 0. The van der Waals surface area contributed by atoms with E-state index in [9.17, 15) is 4.79 Å². The Morgan fingerprint density at radius 1 is 1.00 bits per heavy atom. The quantitative estimate of drug-likeness (QED) is 0.290. The van der Waals surface area contributed by atoms with Crippen molar-refractivity contribution >= 4 is 33.0 Å². The van der Waals surface area contributed by atoms with Gasteiger partial charge in [0.2, 0.25) is 0 Å². The van der Waals surface area contributed by atoms with Crippen molar-refractivity contribution in [1.82, 2.24) is 0 Å². The minimum absolute atomic E-state index is 0.306. The van der Waals surface area contributed by atoms with Crippen LogP contribution >= 0.6 is 27.3 Å². The molecular formula is C17H27BrOS. The summed E-state index contributed by atoms with van der Waals surface area (Å²) in [7, 11) is 0. The number of hydrogen-bond donors (Lipinski definition) is 0. The molecule has 1 rings (SSSR count). The van der Waals surface area contributed by atoms with E-state index < -0.39 is 0 Å². The summed E-state index contributed by atoms with van der Waals surface area (Å²) in [5.74, 6) is 0.306. The zero-order chi connectivity index (χ0) is 14.6. The molecule has 0 aromatic carbocycles. The third-order valence-corrected chi connectivity index (χ3v) is 5.33. The maximum absolute atomic E-state index is 11.9. The van der Waals surface area contributed by atoms with Gasteiger partial charge in [0.1, 0.15) is 0 Å². The molecule has 0 bridgehead atoms. The highest BCUT2D eigenvalue weighted by Crippen LogP contribution is 2.22. The van der Waals surface area contributed by atoms with Crippen LogP contribution in [0, 0.1) is 0 Å². The Kier molecular flexibility index (Phi) is 10.3. The number of hydrogen-bond acceptors (Lipinski definition) is 2. The largest absolute Gasteiger partial charge is 0.293 e. The standard InChI is InChI=1S/C17H27BrOS/c1-2-3-4-5-6-7-8-9-10-11-12-16(19)17-13-15(18)14-20-17/h13-14H,2-12H2,1H3. The lowest BCUT2D eigenvalue weighted by Crippen LogP contribution is -1.95. The molecule has 1 aromatic rings. The first-order valence-corrected chi connectivity index (χ1v) is 9.68. The smallest absolute Gasteiger partial charge is 0.172 e. The van der Waals surface area contributed by atoms with E-state index in [0.717, 1.165) is 15.8 Å². The zero-order valence-corrected chi connectivity index (χ0v) is 15.0. The van der Waals surface area contributed by atoms with Crippen LogP contribution in [0.25, 0.3) is 0 Å². The predicted octanol–water partition coefficient (Wildman–Crippen LogP) is 7.00. The van der Waals surface area contributed by atoms with Gasteiger partial charge in [0.25, 0.3) is 0 Å². The van der Waals surface area contributed by atoms with E-state index in [4.69, 9.17) is 0 Å². The lowest BCUT2D eigenvalue weighted by molar-refractivity contribution is 0.0983. The molecule has 1 heterocycles. The average molecular weight is 359 g/mol. The lowest BCUT2D eigenvalue weighted by Gasteiger charge is -2.02. The molecule has 0 aliphatic heterocycles. The molecular weight excluding hydrogens is 332 g/mol. The van der Waals surface area contributed by atoms with Gasteiger partial charge in [-0.15, -0.1) is 11.3 Å². The molecule has 0 atom stereocenters. The highest BCUT2D eigenvalue weighted by atomic mass is 79.9. The summed E-state index contributed by atoms with van der Waals surface area (Å²) >= 11 is 4.93. The molecule has 0 saturated carbocycles. The highest BCUT2D eigenvalue weighted by Gasteiger charge is 2.07. The fourth-order valence-corrected chi connectivity index (χ4v) is 3.75. The topological polar surface area (TPSA) is 17.1 Å². The summed E-state index contributed by atoms with van der Waals surface area (Å²) in [5, 5.41) is 1.98. The Bertz CT molecular complexity index is 373. The van der Waals surface area contributed by atoms with Crippen LogP contribution in [0.5, 0.6) is 0 Å². The van der Waals surface area contributed by atoms with Crippen LogP contribution in [0.3, 0.4) is 0 Å². The molecule has 0 amide bonds. The minimum atomic E-state index is 0.306. The summed E-state index contributed by atoms with van der Waals surface area (Å²) in [6.07, 6.45) is 13.9. The molecule has 0 unspecified atom stereocenters. The van der Waals surface area contributed by atoms with Crippen LogP contribution < -0.4 is 0 Å². The van der Waals surface area contributed by atoms with Crippen LogP contribution in [-0.2, 0) is 0 Å². The Hall–Kier alpha value is -0.150. The number of carbonyl (C=O) groups is 1. The van der Waals surface area contributed by atoms with Crippen molar-refractivity contribution in [3.8, 4) is 0 Å². The monoisotopic (exact) mass is 358 g/mol. The molecule has 0 aliphatic carbocycles. The van der Waals surface area contributed by atoms with Crippen LogP contribution in [0.4, 0.5) is 0 Å². The molecule has 0 radical (unpaired) electrons. The third kappa shape index (κ3) is 8.21. The molecule has 114 valence electrons. The molecule has 1 nitrogen and oxygen atoms in total. The predicted molar refractivity (Wildman–Crippen MR) is 92.8 cm³/mol. The van der Waals surface area contributed by atoms with Crippen molar-refractivity contribution in [2.24, 2.45) is 0 Å². The average Bonchev–Trinajstić information content (AvgIpc) is 2.87. The maximum Gasteiger partial charge on any atom is 0.172 e. The second kappa shape index (κ2) is 11.5. The summed E-state index contributed by atoms with van der Waals surface area (Å²) in [6, 6.07) is 1.93. The van der Waals surface area contributed by atoms with Crippen molar-refractivity contribution < 1.29 is 4.79 Å². The maximum atomic E-state index is 11.9. The van der Waals surface area contributed by atoms with Crippen LogP contribution in [0.1, 0.15) is 87.2 Å². The van der Waals surface area contributed by atoms with Crippen molar-refractivity contribution in [2.45, 2.75) is 77.6 Å². The van der Waals surface area contributed by atoms with Gasteiger partial charge in [-0.2, -0.15) is 0 Å². The van der Waals surface area contributed by atoms with Gasteiger partial charge in [0, 0.05) is 16.3 Å². The van der Waals surface area contributed by atoms with Gasteiger partial charge in [-0.1, -0.05) is 64.7 Å². The first-order valence-electron chi connectivity index (χ1n) is 8.01. The second-order valence-electron chi connectivity index (χ2n) is 5.48. The highest BCUT2D eigenvalue weighted by molar-refractivity contribution is 9.10. The number of carbonyl (C=O) groups excluding carboxylic acids is 1. The fraction of sp³-hybridized carbons (Fsp3) is 0.706. The van der Waals surface area contributed by atoms with Gasteiger partial charge in [-0.05, 0) is 28.4 Å². The molecule has 3 heteroatoms. The third-order valence-electron chi connectivity index (χ3n) is 3.60. The van der Waals surface area contributed by atoms with Gasteiger partial charge in [-0.3, -0.25) is 4.79 Å². The Balaban J connectivity index is 1.91. The number of halogens is 1. The van der Waals surface area contributed by atoms with Gasteiger partial charge in [-0.25, -0.2) is 0 Å². The van der Waals surface area contributed by atoms with Gasteiger partial charge in [0.15, 0.2) is 5.78 Å².